The zero-order valence-electron chi connectivity index (χ0n) is 23.4. The van der Waals surface area contributed by atoms with Crippen molar-refractivity contribution in [3.63, 3.8) is 0 Å². The van der Waals surface area contributed by atoms with Gasteiger partial charge in [0.2, 0.25) is 0 Å². The lowest BCUT2D eigenvalue weighted by Crippen LogP contribution is -2.48. The van der Waals surface area contributed by atoms with Crippen LogP contribution in [0.3, 0.4) is 0 Å². The number of anilines is 1. The average molecular weight is 585 g/mol. The van der Waals surface area contributed by atoms with Crippen molar-refractivity contribution < 1.29 is 28.8 Å². The summed E-state index contributed by atoms with van der Waals surface area (Å²) in [6.45, 7) is 1.26. The fraction of sp³-hybridized carbons (Fsp3) is 0.143. The number of nitro benzene ring substituents is 1. The van der Waals surface area contributed by atoms with Gasteiger partial charge in [0.1, 0.15) is 11.5 Å². The van der Waals surface area contributed by atoms with Gasteiger partial charge in [-0.3, -0.25) is 29.3 Å². The molecule has 0 amide bonds. The SMILES string of the molecule is CC(=O)Oc1cccc2c1N1[C@@H](C(=O)c3ccccc3)[C@H](c3cccc([N+](=O)[O-])c3)C3(C(=O)c4ccccc4C3=O)[C@H]1C=C2. The van der Waals surface area contributed by atoms with E-state index in [1.54, 1.807) is 95.9 Å². The number of fused-ring (bicyclic) bond motifs is 5. The number of rotatable bonds is 5. The quantitative estimate of drug-likeness (QED) is 0.0716. The molecule has 4 aromatic rings. The number of nitrogens with zero attached hydrogens (tertiary/aromatic N) is 2. The molecule has 0 saturated carbocycles. The van der Waals surface area contributed by atoms with Gasteiger partial charge >= 0.3 is 5.97 Å². The molecule has 9 nitrogen and oxygen atoms in total. The summed E-state index contributed by atoms with van der Waals surface area (Å²) in [6.07, 6.45) is 3.50. The Morgan fingerprint density at radius 1 is 0.864 bits per heavy atom. The van der Waals surface area contributed by atoms with Crippen LogP contribution in [0.25, 0.3) is 6.08 Å². The van der Waals surface area contributed by atoms with Gasteiger partial charge in [-0.2, -0.15) is 0 Å². The third-order valence-electron chi connectivity index (χ3n) is 8.81. The lowest BCUT2D eigenvalue weighted by molar-refractivity contribution is -0.384. The molecule has 0 bridgehead atoms. The number of nitro groups is 1. The fourth-order valence-corrected chi connectivity index (χ4v) is 7.20. The third kappa shape index (κ3) is 3.72. The van der Waals surface area contributed by atoms with Gasteiger partial charge in [0.25, 0.3) is 5.69 Å². The van der Waals surface area contributed by atoms with Gasteiger partial charge in [0, 0.05) is 47.2 Å². The summed E-state index contributed by atoms with van der Waals surface area (Å²) in [5, 5.41) is 11.9. The lowest BCUT2D eigenvalue weighted by atomic mass is 9.64. The summed E-state index contributed by atoms with van der Waals surface area (Å²) in [5.74, 6) is -2.88. The van der Waals surface area contributed by atoms with Crippen LogP contribution in [-0.4, -0.2) is 40.3 Å². The molecule has 0 N–H and O–H groups in total. The van der Waals surface area contributed by atoms with E-state index in [1.807, 2.05) is 0 Å². The second-order valence-electron chi connectivity index (χ2n) is 11.1. The number of para-hydroxylation sites is 1. The first-order valence-corrected chi connectivity index (χ1v) is 14.1. The van der Waals surface area contributed by atoms with E-state index in [1.165, 1.54) is 25.1 Å². The molecule has 9 heteroatoms. The summed E-state index contributed by atoms with van der Waals surface area (Å²) >= 11 is 0. The second kappa shape index (κ2) is 9.95. The van der Waals surface area contributed by atoms with Crippen LogP contribution in [0.5, 0.6) is 5.75 Å². The van der Waals surface area contributed by atoms with Crippen LogP contribution in [0, 0.1) is 15.5 Å². The summed E-state index contributed by atoms with van der Waals surface area (Å²) in [4.78, 5) is 69.6. The summed E-state index contributed by atoms with van der Waals surface area (Å²) in [5.41, 5.74) is 0.00890. The van der Waals surface area contributed by atoms with E-state index in [9.17, 15) is 29.3 Å². The van der Waals surface area contributed by atoms with Crippen LogP contribution in [0.2, 0.25) is 0 Å². The molecule has 2 aliphatic heterocycles. The molecule has 7 rings (SSSR count). The number of carbonyl (C=O) groups is 4. The van der Waals surface area contributed by atoms with Crippen LogP contribution in [0.1, 0.15) is 55.0 Å². The summed E-state index contributed by atoms with van der Waals surface area (Å²) in [7, 11) is 0. The molecule has 1 spiro atoms. The topological polar surface area (TPSA) is 124 Å². The number of esters is 1. The molecule has 216 valence electrons. The van der Waals surface area contributed by atoms with Gasteiger partial charge in [-0.25, -0.2) is 0 Å². The number of carbonyl (C=O) groups excluding carboxylic acids is 4. The lowest BCUT2D eigenvalue weighted by Gasteiger charge is -2.37. The second-order valence-corrected chi connectivity index (χ2v) is 11.1. The fourth-order valence-electron chi connectivity index (χ4n) is 7.20. The Labute approximate surface area is 251 Å². The van der Waals surface area contributed by atoms with E-state index in [4.69, 9.17) is 4.74 Å². The molecule has 4 aromatic carbocycles. The number of hydrogen-bond donors (Lipinski definition) is 0. The standard InChI is InChI=1S/C35H24N2O7/c1-20(38)44-27-16-8-11-21-17-18-28-35(33(40)25-14-5-6-15-26(25)34(35)41)29(23-12-7-13-24(19-23)37(42)43)31(36(28)30(21)27)32(39)22-9-3-2-4-10-22/h2-19,28-29,31H,1H3/t28-,29+,31-/m1/s1. The van der Waals surface area contributed by atoms with Crippen LogP contribution in [0.4, 0.5) is 11.4 Å². The monoisotopic (exact) mass is 584 g/mol. The van der Waals surface area contributed by atoms with Gasteiger partial charge in [0.15, 0.2) is 23.1 Å². The van der Waals surface area contributed by atoms with Gasteiger partial charge in [0.05, 0.1) is 16.7 Å². The van der Waals surface area contributed by atoms with Crippen molar-refractivity contribution in [2.45, 2.75) is 24.9 Å². The summed E-state index contributed by atoms with van der Waals surface area (Å²) in [6, 6.07) is 23.7. The minimum Gasteiger partial charge on any atom is -0.424 e. The average Bonchev–Trinajstić information content (AvgIpc) is 3.47. The molecule has 1 fully saturated rings. The van der Waals surface area contributed by atoms with Gasteiger partial charge < -0.3 is 9.64 Å². The van der Waals surface area contributed by atoms with Crippen LogP contribution in [0.15, 0.2) is 103 Å². The van der Waals surface area contributed by atoms with Crippen molar-refractivity contribution in [1.82, 2.24) is 0 Å². The molecule has 44 heavy (non-hydrogen) atoms. The maximum absolute atomic E-state index is 14.8. The van der Waals surface area contributed by atoms with E-state index >= 15 is 0 Å². The van der Waals surface area contributed by atoms with E-state index < -0.39 is 45.9 Å². The van der Waals surface area contributed by atoms with Crippen molar-refractivity contribution in [1.29, 1.82) is 0 Å². The predicted molar refractivity (Wildman–Crippen MR) is 161 cm³/mol. The highest BCUT2D eigenvalue weighted by Crippen LogP contribution is 2.62. The Morgan fingerprint density at radius 2 is 1.52 bits per heavy atom. The van der Waals surface area contributed by atoms with Crippen LogP contribution in [-0.2, 0) is 4.79 Å². The van der Waals surface area contributed by atoms with Crippen LogP contribution >= 0.6 is 0 Å². The Morgan fingerprint density at radius 3 is 2.18 bits per heavy atom. The Kier molecular flexibility index (Phi) is 6.14. The minimum atomic E-state index is -1.86. The molecule has 1 saturated heterocycles. The summed E-state index contributed by atoms with van der Waals surface area (Å²) < 4.78 is 5.63. The highest BCUT2D eigenvalue weighted by molar-refractivity contribution is 6.32. The maximum atomic E-state index is 14.8. The highest BCUT2D eigenvalue weighted by atomic mass is 16.6. The van der Waals surface area contributed by atoms with E-state index in [0.29, 0.717) is 22.4 Å². The number of ether oxygens (including phenoxy) is 1. The molecule has 0 radical (unpaired) electrons. The molecule has 3 aliphatic rings. The molecule has 0 aromatic heterocycles. The normalized spacial score (nSPS) is 20.7. The number of ketones is 3. The number of hydrogen-bond acceptors (Lipinski definition) is 8. The Balaban J connectivity index is 1.58. The van der Waals surface area contributed by atoms with Crippen molar-refractivity contribution in [3.05, 3.63) is 141 Å². The molecule has 2 heterocycles. The van der Waals surface area contributed by atoms with Crippen molar-refractivity contribution in [2.24, 2.45) is 5.41 Å². The smallest absolute Gasteiger partial charge is 0.308 e. The minimum absolute atomic E-state index is 0.167. The predicted octanol–water partition coefficient (Wildman–Crippen LogP) is 5.84. The molecule has 3 atom stereocenters. The van der Waals surface area contributed by atoms with Gasteiger partial charge in [-0.15, -0.1) is 0 Å². The van der Waals surface area contributed by atoms with Crippen molar-refractivity contribution in [2.75, 3.05) is 4.90 Å². The third-order valence-corrected chi connectivity index (χ3v) is 8.81. The van der Waals surface area contributed by atoms with Gasteiger partial charge in [-0.05, 0) is 11.6 Å². The highest BCUT2D eigenvalue weighted by Gasteiger charge is 2.71. The first kappa shape index (κ1) is 27.2. The largest absolute Gasteiger partial charge is 0.424 e. The molecule has 1 aliphatic carbocycles. The van der Waals surface area contributed by atoms with Crippen LogP contribution < -0.4 is 9.64 Å². The molecular formula is C35H24N2O7. The molecule has 0 unspecified atom stereocenters. The molecular weight excluding hydrogens is 560 g/mol. The van der Waals surface area contributed by atoms with E-state index in [0.717, 1.165) is 0 Å². The Hall–Kier alpha value is -5.70. The maximum Gasteiger partial charge on any atom is 0.308 e. The van der Waals surface area contributed by atoms with Gasteiger partial charge in [-0.1, -0.05) is 91.0 Å². The van der Waals surface area contributed by atoms with E-state index in [-0.39, 0.29) is 28.3 Å². The van der Waals surface area contributed by atoms with Crippen molar-refractivity contribution in [3.8, 4) is 5.75 Å². The van der Waals surface area contributed by atoms with Crippen molar-refractivity contribution >= 4 is 40.8 Å². The number of benzene rings is 4. The number of non-ortho nitro benzene ring substituents is 1. The number of Topliss-reactive ketones (excluding diaryl/α,β-unsaturated/α-hetero) is 3. The Bertz CT molecular complexity index is 1910. The van der Waals surface area contributed by atoms with E-state index in [2.05, 4.69) is 0 Å². The zero-order valence-corrected chi connectivity index (χ0v) is 23.4. The zero-order chi connectivity index (χ0) is 30.7. The first-order valence-electron chi connectivity index (χ1n) is 14.1. The first-order chi connectivity index (χ1) is 21.2.